The normalized spacial score (nSPS) is 11.0. The van der Waals surface area contributed by atoms with Gasteiger partial charge >= 0.3 is 5.69 Å². The lowest BCUT2D eigenvalue weighted by Crippen LogP contribution is -2.21. The van der Waals surface area contributed by atoms with Crippen molar-refractivity contribution in [3.8, 4) is 5.69 Å². The minimum absolute atomic E-state index is 0.263. The number of unbranched alkanes of at least 4 members (excludes halogenated alkanes) is 1. The van der Waals surface area contributed by atoms with Crippen LogP contribution in [-0.2, 0) is 6.42 Å². The van der Waals surface area contributed by atoms with Gasteiger partial charge in [0.15, 0.2) is 0 Å². The van der Waals surface area contributed by atoms with Crippen LogP contribution in [-0.4, -0.2) is 9.55 Å². The molecule has 3 nitrogen and oxygen atoms in total. The van der Waals surface area contributed by atoms with Gasteiger partial charge in [-0.3, -0.25) is 4.57 Å². The molecule has 0 radical (unpaired) electrons. The predicted octanol–water partition coefficient (Wildman–Crippen LogP) is 4.49. The minimum Gasteiger partial charge on any atom is -0.259 e. The molecule has 22 heavy (non-hydrogen) atoms. The van der Waals surface area contributed by atoms with Gasteiger partial charge in [-0.05, 0) is 52.5 Å². The van der Waals surface area contributed by atoms with E-state index < -0.39 is 0 Å². The first-order valence-corrected chi connectivity index (χ1v) is 8.25. The van der Waals surface area contributed by atoms with Crippen molar-refractivity contribution >= 4 is 26.8 Å². The summed E-state index contributed by atoms with van der Waals surface area (Å²) in [4.78, 5) is 16.3. The maximum Gasteiger partial charge on any atom is 0.352 e. The summed E-state index contributed by atoms with van der Waals surface area (Å²) in [5.41, 5.74) is 2.71. The monoisotopic (exact) mass is 356 g/mol. The van der Waals surface area contributed by atoms with E-state index in [1.54, 1.807) is 10.8 Å². The molecule has 0 saturated carbocycles. The number of hydrogen-bond donors (Lipinski definition) is 0. The molecule has 0 aliphatic carbocycles. The van der Waals surface area contributed by atoms with Crippen LogP contribution >= 0.6 is 15.9 Å². The van der Waals surface area contributed by atoms with Gasteiger partial charge in [-0.1, -0.05) is 37.6 Å². The van der Waals surface area contributed by atoms with E-state index in [1.165, 1.54) is 18.4 Å². The van der Waals surface area contributed by atoms with Gasteiger partial charge in [-0.2, -0.15) is 0 Å². The van der Waals surface area contributed by atoms with Gasteiger partial charge in [0.05, 0.1) is 11.2 Å². The molecule has 0 saturated heterocycles. The number of nitrogens with zero attached hydrogens (tertiary/aromatic N) is 2. The standard InChI is InChI=1S/C18H17BrN2O/c1-2-3-6-13-9-10-17(15(19)11-13)21-16-8-5-4-7-14(16)12-20-18(21)22/h4-5,7-12H,2-3,6H2,1H3. The van der Waals surface area contributed by atoms with E-state index in [2.05, 4.69) is 40.0 Å². The molecule has 0 atom stereocenters. The summed E-state index contributed by atoms with van der Waals surface area (Å²) in [6.07, 6.45) is 5.02. The van der Waals surface area contributed by atoms with Crippen molar-refractivity contribution in [1.82, 2.24) is 9.55 Å². The molecular weight excluding hydrogens is 340 g/mol. The molecule has 1 heterocycles. The molecule has 0 aliphatic rings. The van der Waals surface area contributed by atoms with Crippen LogP contribution in [0.1, 0.15) is 25.3 Å². The molecule has 112 valence electrons. The summed E-state index contributed by atoms with van der Waals surface area (Å²) < 4.78 is 2.57. The van der Waals surface area contributed by atoms with Crippen LogP contribution in [0.4, 0.5) is 0 Å². The molecule has 1 aromatic heterocycles. The molecule has 3 aromatic rings. The van der Waals surface area contributed by atoms with Gasteiger partial charge in [0.25, 0.3) is 0 Å². The smallest absolute Gasteiger partial charge is 0.259 e. The van der Waals surface area contributed by atoms with Crippen molar-refractivity contribution in [2.24, 2.45) is 0 Å². The summed E-state index contributed by atoms with van der Waals surface area (Å²) in [5, 5.41) is 0.948. The largest absolute Gasteiger partial charge is 0.352 e. The summed E-state index contributed by atoms with van der Waals surface area (Å²) >= 11 is 3.61. The number of aromatic nitrogens is 2. The number of aryl methyl sites for hydroxylation is 1. The first-order chi connectivity index (χ1) is 10.7. The van der Waals surface area contributed by atoms with Gasteiger partial charge in [-0.25, -0.2) is 9.78 Å². The van der Waals surface area contributed by atoms with E-state index in [0.717, 1.165) is 27.5 Å². The Morgan fingerprint density at radius 2 is 2.00 bits per heavy atom. The van der Waals surface area contributed by atoms with Gasteiger partial charge in [-0.15, -0.1) is 0 Å². The third kappa shape index (κ3) is 2.83. The molecule has 2 aromatic carbocycles. The zero-order valence-corrected chi connectivity index (χ0v) is 14.0. The van der Waals surface area contributed by atoms with Gasteiger partial charge in [0, 0.05) is 16.1 Å². The lowest BCUT2D eigenvalue weighted by molar-refractivity contribution is 0.794. The molecule has 0 fully saturated rings. The third-order valence-corrected chi connectivity index (χ3v) is 4.39. The van der Waals surface area contributed by atoms with Gasteiger partial charge < -0.3 is 0 Å². The molecule has 3 rings (SSSR count). The fourth-order valence-electron chi connectivity index (χ4n) is 2.59. The maximum absolute atomic E-state index is 12.3. The quantitative estimate of drug-likeness (QED) is 0.690. The lowest BCUT2D eigenvalue weighted by Gasteiger charge is -2.12. The average Bonchev–Trinajstić information content (AvgIpc) is 2.54. The first kappa shape index (κ1) is 15.0. The summed E-state index contributed by atoms with van der Waals surface area (Å²) in [6, 6.07) is 14.0. The van der Waals surface area contributed by atoms with Crippen molar-refractivity contribution in [3.05, 3.63) is 69.2 Å². The van der Waals surface area contributed by atoms with E-state index in [9.17, 15) is 4.79 Å². The Morgan fingerprint density at radius 3 is 2.77 bits per heavy atom. The molecular formula is C18H17BrN2O. The van der Waals surface area contributed by atoms with Crippen molar-refractivity contribution in [2.75, 3.05) is 0 Å². The zero-order chi connectivity index (χ0) is 15.5. The second kappa shape index (κ2) is 6.44. The van der Waals surface area contributed by atoms with Crippen LogP contribution in [0.3, 0.4) is 0 Å². The topological polar surface area (TPSA) is 34.9 Å². The number of benzene rings is 2. The molecule has 0 spiro atoms. The Bertz CT molecular complexity index is 870. The Labute approximate surface area is 137 Å². The average molecular weight is 357 g/mol. The summed E-state index contributed by atoms with van der Waals surface area (Å²) in [7, 11) is 0. The van der Waals surface area contributed by atoms with E-state index >= 15 is 0 Å². The molecule has 0 bridgehead atoms. The highest BCUT2D eigenvalue weighted by Gasteiger charge is 2.10. The van der Waals surface area contributed by atoms with E-state index in [-0.39, 0.29) is 5.69 Å². The first-order valence-electron chi connectivity index (χ1n) is 7.46. The highest BCUT2D eigenvalue weighted by molar-refractivity contribution is 9.10. The molecule has 4 heteroatoms. The SMILES string of the molecule is CCCCc1ccc(-n2c(=O)ncc3ccccc32)c(Br)c1. The van der Waals surface area contributed by atoms with E-state index in [1.807, 2.05) is 30.3 Å². The van der Waals surface area contributed by atoms with Crippen LogP contribution in [0.5, 0.6) is 0 Å². The fraction of sp³-hybridized carbons (Fsp3) is 0.222. The number of rotatable bonds is 4. The number of para-hydroxylation sites is 1. The van der Waals surface area contributed by atoms with E-state index in [4.69, 9.17) is 0 Å². The van der Waals surface area contributed by atoms with Crippen molar-refractivity contribution in [2.45, 2.75) is 26.2 Å². The highest BCUT2D eigenvalue weighted by Crippen LogP contribution is 2.25. The Morgan fingerprint density at radius 1 is 1.18 bits per heavy atom. The Balaban J connectivity index is 2.15. The highest BCUT2D eigenvalue weighted by atomic mass is 79.9. The molecule has 0 N–H and O–H groups in total. The summed E-state index contributed by atoms with van der Waals surface area (Å²) in [6.45, 7) is 2.19. The Hall–Kier alpha value is -1.94. The van der Waals surface area contributed by atoms with Crippen LogP contribution in [0.2, 0.25) is 0 Å². The van der Waals surface area contributed by atoms with Crippen molar-refractivity contribution in [1.29, 1.82) is 0 Å². The summed E-state index contributed by atoms with van der Waals surface area (Å²) in [5.74, 6) is 0. The van der Waals surface area contributed by atoms with Crippen LogP contribution < -0.4 is 5.69 Å². The zero-order valence-electron chi connectivity index (χ0n) is 12.4. The number of fused-ring (bicyclic) bond motifs is 1. The molecule has 0 aliphatic heterocycles. The molecule has 0 unspecified atom stereocenters. The third-order valence-electron chi connectivity index (χ3n) is 3.76. The van der Waals surface area contributed by atoms with E-state index in [0.29, 0.717) is 0 Å². The molecule has 0 amide bonds. The van der Waals surface area contributed by atoms with Crippen molar-refractivity contribution in [3.63, 3.8) is 0 Å². The van der Waals surface area contributed by atoms with Gasteiger partial charge in [0.2, 0.25) is 0 Å². The second-order valence-electron chi connectivity index (χ2n) is 5.32. The van der Waals surface area contributed by atoms with Crippen molar-refractivity contribution < 1.29 is 0 Å². The van der Waals surface area contributed by atoms with Crippen LogP contribution in [0.25, 0.3) is 16.6 Å². The Kier molecular flexibility index (Phi) is 4.39. The minimum atomic E-state index is -0.263. The maximum atomic E-state index is 12.3. The second-order valence-corrected chi connectivity index (χ2v) is 6.18. The number of hydrogen-bond acceptors (Lipinski definition) is 2. The predicted molar refractivity (Wildman–Crippen MR) is 93.7 cm³/mol. The number of halogens is 1. The van der Waals surface area contributed by atoms with Crippen LogP contribution in [0, 0.1) is 0 Å². The van der Waals surface area contributed by atoms with Gasteiger partial charge in [0.1, 0.15) is 0 Å². The lowest BCUT2D eigenvalue weighted by atomic mass is 10.1. The van der Waals surface area contributed by atoms with Crippen LogP contribution in [0.15, 0.2) is 57.9 Å². The fourth-order valence-corrected chi connectivity index (χ4v) is 3.19.